The molecule has 9 nitrogen and oxygen atoms in total. The van der Waals surface area contributed by atoms with Crippen LogP contribution < -0.4 is 20.1 Å². The number of benzene rings is 2. The predicted octanol–water partition coefficient (Wildman–Crippen LogP) is 3.22. The third-order valence-corrected chi connectivity index (χ3v) is 4.34. The number of carbonyl (C=O) groups is 2. The van der Waals surface area contributed by atoms with Crippen molar-refractivity contribution in [2.24, 2.45) is 0 Å². The Bertz CT molecular complexity index is 1020. The van der Waals surface area contributed by atoms with E-state index in [2.05, 4.69) is 20.8 Å². The lowest BCUT2D eigenvalue weighted by molar-refractivity contribution is -0.123. The van der Waals surface area contributed by atoms with Crippen molar-refractivity contribution >= 4 is 17.5 Å². The molecule has 0 aliphatic heterocycles. The summed E-state index contributed by atoms with van der Waals surface area (Å²) in [4.78, 5) is 28.0. The summed E-state index contributed by atoms with van der Waals surface area (Å²) in [6.07, 6.45) is 0.518. The predicted molar refractivity (Wildman–Crippen MR) is 118 cm³/mol. The third kappa shape index (κ3) is 6.83. The zero-order chi connectivity index (χ0) is 22.8. The van der Waals surface area contributed by atoms with Crippen LogP contribution in [0.3, 0.4) is 0 Å². The molecule has 0 fully saturated rings. The van der Waals surface area contributed by atoms with Crippen LogP contribution in [-0.2, 0) is 16.0 Å². The number of amides is 2. The smallest absolute Gasteiger partial charge is 0.257 e. The van der Waals surface area contributed by atoms with E-state index in [9.17, 15) is 9.59 Å². The van der Waals surface area contributed by atoms with Crippen molar-refractivity contribution in [2.45, 2.75) is 26.7 Å². The van der Waals surface area contributed by atoms with Crippen molar-refractivity contribution in [3.8, 4) is 22.9 Å². The molecule has 0 saturated carbocycles. The molecular weight excluding hydrogens is 412 g/mol. The number of carbonyl (C=O) groups excluding carboxylic acids is 2. The van der Waals surface area contributed by atoms with E-state index < -0.39 is 0 Å². The number of aromatic nitrogens is 2. The molecule has 9 heteroatoms. The SMILES string of the molecule is CCNC(=O)COc1ccc(NC(=O)CCc2nc(-c3ccc(OCC)cc3)no2)cc1. The van der Waals surface area contributed by atoms with E-state index in [4.69, 9.17) is 14.0 Å². The highest BCUT2D eigenvalue weighted by Crippen LogP contribution is 2.20. The van der Waals surface area contributed by atoms with Crippen LogP contribution in [0, 0.1) is 0 Å². The Morgan fingerprint density at radius 2 is 1.62 bits per heavy atom. The van der Waals surface area contributed by atoms with Gasteiger partial charge in [-0.15, -0.1) is 0 Å². The van der Waals surface area contributed by atoms with Gasteiger partial charge in [-0.25, -0.2) is 0 Å². The van der Waals surface area contributed by atoms with Gasteiger partial charge in [0.25, 0.3) is 5.91 Å². The number of hydrogen-bond donors (Lipinski definition) is 2. The molecule has 1 aromatic heterocycles. The quantitative estimate of drug-likeness (QED) is 0.472. The van der Waals surface area contributed by atoms with E-state index in [1.54, 1.807) is 24.3 Å². The molecule has 0 atom stereocenters. The summed E-state index contributed by atoms with van der Waals surface area (Å²) in [6, 6.07) is 14.2. The lowest BCUT2D eigenvalue weighted by Gasteiger charge is -2.08. The van der Waals surface area contributed by atoms with Gasteiger partial charge in [0.15, 0.2) is 6.61 Å². The van der Waals surface area contributed by atoms with Gasteiger partial charge >= 0.3 is 0 Å². The summed E-state index contributed by atoms with van der Waals surface area (Å²) >= 11 is 0. The molecule has 0 aliphatic rings. The summed E-state index contributed by atoms with van der Waals surface area (Å²) in [7, 11) is 0. The number of aryl methyl sites for hydroxylation is 1. The van der Waals surface area contributed by atoms with Gasteiger partial charge in [0.05, 0.1) is 6.61 Å². The average molecular weight is 438 g/mol. The first-order valence-electron chi connectivity index (χ1n) is 10.4. The van der Waals surface area contributed by atoms with Crippen LogP contribution in [0.2, 0.25) is 0 Å². The van der Waals surface area contributed by atoms with E-state index >= 15 is 0 Å². The normalized spacial score (nSPS) is 10.4. The molecule has 0 bridgehead atoms. The maximum Gasteiger partial charge on any atom is 0.257 e. The van der Waals surface area contributed by atoms with Crippen LogP contribution in [0.5, 0.6) is 11.5 Å². The molecule has 0 spiro atoms. The summed E-state index contributed by atoms with van der Waals surface area (Å²) < 4.78 is 16.1. The molecule has 3 rings (SSSR count). The topological polar surface area (TPSA) is 116 Å². The Hall–Kier alpha value is -3.88. The van der Waals surface area contributed by atoms with Crippen LogP contribution in [0.1, 0.15) is 26.2 Å². The second-order valence-electron chi connectivity index (χ2n) is 6.78. The number of likely N-dealkylation sites (N-methyl/N-ethyl adjacent to an activating group) is 1. The Morgan fingerprint density at radius 3 is 2.31 bits per heavy atom. The second kappa shape index (κ2) is 11.5. The van der Waals surface area contributed by atoms with Gasteiger partial charge < -0.3 is 24.6 Å². The van der Waals surface area contributed by atoms with Crippen molar-refractivity contribution < 1.29 is 23.6 Å². The van der Waals surface area contributed by atoms with E-state index in [1.165, 1.54) is 0 Å². The van der Waals surface area contributed by atoms with Crippen LogP contribution in [0.25, 0.3) is 11.4 Å². The number of anilines is 1. The largest absolute Gasteiger partial charge is 0.494 e. The summed E-state index contributed by atoms with van der Waals surface area (Å²) in [5.74, 6) is 1.81. The van der Waals surface area contributed by atoms with Crippen LogP contribution in [0.15, 0.2) is 53.1 Å². The Balaban J connectivity index is 1.45. The minimum Gasteiger partial charge on any atom is -0.494 e. The molecule has 1 heterocycles. The second-order valence-corrected chi connectivity index (χ2v) is 6.78. The maximum absolute atomic E-state index is 12.2. The zero-order valence-electron chi connectivity index (χ0n) is 18.1. The van der Waals surface area contributed by atoms with Crippen molar-refractivity contribution in [1.29, 1.82) is 0 Å². The summed E-state index contributed by atoms with van der Waals surface area (Å²) in [5.41, 5.74) is 1.43. The monoisotopic (exact) mass is 438 g/mol. The summed E-state index contributed by atoms with van der Waals surface area (Å²) in [5, 5.41) is 9.43. The fraction of sp³-hybridized carbons (Fsp3) is 0.304. The lowest BCUT2D eigenvalue weighted by atomic mass is 10.2. The highest BCUT2D eigenvalue weighted by atomic mass is 16.5. The molecule has 0 unspecified atom stereocenters. The van der Waals surface area contributed by atoms with Crippen LogP contribution in [-0.4, -0.2) is 41.7 Å². The highest BCUT2D eigenvalue weighted by molar-refractivity contribution is 5.90. The third-order valence-electron chi connectivity index (χ3n) is 4.34. The van der Waals surface area contributed by atoms with Crippen LogP contribution >= 0.6 is 0 Å². The number of ether oxygens (including phenoxy) is 2. The standard InChI is InChI=1S/C23H26N4O5/c1-3-24-21(29)15-31-19-11-7-17(8-12-19)25-20(28)13-14-22-26-23(27-32-22)16-5-9-18(10-6-16)30-4-2/h5-12H,3-4,13-15H2,1-2H3,(H,24,29)(H,25,28). The molecule has 0 radical (unpaired) electrons. The molecule has 0 aliphatic carbocycles. The van der Waals surface area contributed by atoms with Gasteiger partial charge in [-0.1, -0.05) is 5.16 Å². The Kier molecular flexibility index (Phi) is 8.19. The molecular formula is C23H26N4O5. The number of hydrogen-bond acceptors (Lipinski definition) is 7. The van der Waals surface area contributed by atoms with Crippen molar-refractivity contribution in [1.82, 2.24) is 15.5 Å². The Morgan fingerprint density at radius 1 is 0.938 bits per heavy atom. The van der Waals surface area contributed by atoms with E-state index in [0.29, 0.717) is 42.7 Å². The van der Waals surface area contributed by atoms with Crippen molar-refractivity contribution in [3.05, 3.63) is 54.4 Å². The molecule has 2 aromatic carbocycles. The first kappa shape index (κ1) is 22.8. The minimum absolute atomic E-state index is 0.0532. The van der Waals surface area contributed by atoms with Crippen LogP contribution in [0.4, 0.5) is 5.69 Å². The van der Waals surface area contributed by atoms with Crippen molar-refractivity contribution in [2.75, 3.05) is 25.1 Å². The first-order chi connectivity index (χ1) is 15.6. The zero-order valence-corrected chi connectivity index (χ0v) is 18.1. The molecule has 0 saturated heterocycles. The van der Waals surface area contributed by atoms with Gasteiger partial charge in [-0.05, 0) is 62.4 Å². The van der Waals surface area contributed by atoms with E-state index in [-0.39, 0.29) is 24.8 Å². The van der Waals surface area contributed by atoms with Gasteiger partial charge in [-0.2, -0.15) is 4.98 Å². The minimum atomic E-state index is -0.184. The maximum atomic E-state index is 12.2. The molecule has 3 aromatic rings. The fourth-order valence-electron chi connectivity index (χ4n) is 2.82. The van der Waals surface area contributed by atoms with Gasteiger partial charge in [-0.3, -0.25) is 9.59 Å². The van der Waals surface area contributed by atoms with Crippen molar-refractivity contribution in [3.63, 3.8) is 0 Å². The number of nitrogens with zero attached hydrogens (tertiary/aromatic N) is 2. The van der Waals surface area contributed by atoms with Gasteiger partial charge in [0.2, 0.25) is 17.6 Å². The number of nitrogens with one attached hydrogen (secondary N) is 2. The molecule has 2 N–H and O–H groups in total. The fourth-order valence-corrected chi connectivity index (χ4v) is 2.82. The molecule has 32 heavy (non-hydrogen) atoms. The molecule has 2 amide bonds. The Labute approximate surface area is 186 Å². The van der Waals surface area contributed by atoms with E-state index in [0.717, 1.165) is 11.3 Å². The first-order valence-corrected chi connectivity index (χ1v) is 10.4. The van der Waals surface area contributed by atoms with Gasteiger partial charge in [0, 0.05) is 30.6 Å². The highest BCUT2D eigenvalue weighted by Gasteiger charge is 2.11. The molecule has 168 valence electrons. The average Bonchev–Trinajstić information content (AvgIpc) is 3.27. The summed E-state index contributed by atoms with van der Waals surface area (Å²) in [6.45, 7) is 4.87. The van der Waals surface area contributed by atoms with Gasteiger partial charge in [0.1, 0.15) is 11.5 Å². The lowest BCUT2D eigenvalue weighted by Crippen LogP contribution is -2.28. The number of rotatable bonds is 11. The van der Waals surface area contributed by atoms with E-state index in [1.807, 2.05) is 38.1 Å².